The topological polar surface area (TPSA) is 42.0 Å². The highest BCUT2D eigenvalue weighted by Crippen LogP contribution is 2.15. The summed E-state index contributed by atoms with van der Waals surface area (Å²) in [7, 11) is 0. The third-order valence-corrected chi connectivity index (χ3v) is 2.75. The van der Waals surface area contributed by atoms with Crippen LogP contribution in [0.25, 0.3) is 0 Å². The number of anilines is 1. The Morgan fingerprint density at radius 2 is 1.83 bits per heavy atom. The number of carbonyl (C=O) groups is 1. The maximum atomic E-state index is 11.9. The molecule has 0 radical (unpaired) electrons. The molecule has 1 N–H and O–H groups in total. The fraction of sp³-hybridized carbons (Fsp3) is 0.200. The summed E-state index contributed by atoms with van der Waals surface area (Å²) in [5, 5.41) is 2.76. The first-order valence-electron chi connectivity index (χ1n) is 5.99. The van der Waals surface area contributed by atoms with Crippen LogP contribution in [0.2, 0.25) is 0 Å². The second-order valence-corrected chi connectivity index (χ2v) is 4.45. The minimum absolute atomic E-state index is 0.135. The highest BCUT2D eigenvalue weighted by molar-refractivity contribution is 6.03. The van der Waals surface area contributed by atoms with E-state index in [0.29, 0.717) is 17.3 Å². The molecular weight excluding hydrogens is 224 g/mol. The monoisotopic (exact) mass is 240 g/mol. The molecule has 1 amide bonds. The second-order valence-electron chi connectivity index (χ2n) is 4.45. The maximum absolute atomic E-state index is 11.9. The van der Waals surface area contributed by atoms with Crippen LogP contribution in [0.1, 0.15) is 35.7 Å². The molecule has 0 aliphatic carbocycles. The Morgan fingerprint density at radius 3 is 2.39 bits per heavy atom. The molecule has 1 aromatic carbocycles. The molecule has 0 atom stereocenters. The SMILES string of the molecule is CC(C)c1ccc(C(=O)Nc2ccccn2)cc1. The zero-order chi connectivity index (χ0) is 13.0. The lowest BCUT2D eigenvalue weighted by Crippen LogP contribution is -2.12. The number of hydrogen-bond acceptors (Lipinski definition) is 2. The van der Waals surface area contributed by atoms with Gasteiger partial charge in [0, 0.05) is 11.8 Å². The van der Waals surface area contributed by atoms with Gasteiger partial charge in [-0.3, -0.25) is 4.79 Å². The van der Waals surface area contributed by atoms with Gasteiger partial charge in [0.2, 0.25) is 0 Å². The van der Waals surface area contributed by atoms with Crippen molar-refractivity contribution in [2.45, 2.75) is 19.8 Å². The van der Waals surface area contributed by atoms with E-state index in [0.717, 1.165) is 0 Å². The van der Waals surface area contributed by atoms with E-state index in [1.54, 1.807) is 12.3 Å². The van der Waals surface area contributed by atoms with E-state index in [-0.39, 0.29) is 5.91 Å². The van der Waals surface area contributed by atoms with E-state index < -0.39 is 0 Å². The summed E-state index contributed by atoms with van der Waals surface area (Å²) in [6.07, 6.45) is 1.65. The smallest absolute Gasteiger partial charge is 0.256 e. The van der Waals surface area contributed by atoms with Crippen LogP contribution in [0.5, 0.6) is 0 Å². The molecule has 1 heterocycles. The zero-order valence-electron chi connectivity index (χ0n) is 10.6. The van der Waals surface area contributed by atoms with Gasteiger partial charge in [0.05, 0.1) is 0 Å². The van der Waals surface area contributed by atoms with E-state index in [4.69, 9.17) is 0 Å². The van der Waals surface area contributed by atoms with Gasteiger partial charge in [0.15, 0.2) is 0 Å². The molecule has 2 aromatic rings. The number of aromatic nitrogens is 1. The van der Waals surface area contributed by atoms with Crippen LogP contribution in [0.15, 0.2) is 48.7 Å². The van der Waals surface area contributed by atoms with Gasteiger partial charge in [0.1, 0.15) is 5.82 Å². The van der Waals surface area contributed by atoms with Crippen molar-refractivity contribution in [3.8, 4) is 0 Å². The van der Waals surface area contributed by atoms with Crippen molar-refractivity contribution in [3.05, 3.63) is 59.8 Å². The van der Waals surface area contributed by atoms with Gasteiger partial charge < -0.3 is 5.32 Å². The summed E-state index contributed by atoms with van der Waals surface area (Å²) >= 11 is 0. The first-order valence-corrected chi connectivity index (χ1v) is 5.99. The molecule has 1 aromatic heterocycles. The Hall–Kier alpha value is -2.16. The second kappa shape index (κ2) is 5.45. The van der Waals surface area contributed by atoms with E-state index in [9.17, 15) is 4.79 Å². The van der Waals surface area contributed by atoms with Gasteiger partial charge in [-0.05, 0) is 35.7 Å². The van der Waals surface area contributed by atoms with Gasteiger partial charge in [-0.1, -0.05) is 32.0 Å². The van der Waals surface area contributed by atoms with Crippen LogP contribution < -0.4 is 5.32 Å². The summed E-state index contributed by atoms with van der Waals surface area (Å²) in [6.45, 7) is 4.26. The Balaban J connectivity index is 2.10. The van der Waals surface area contributed by atoms with Crippen LogP contribution in [-0.2, 0) is 0 Å². The minimum Gasteiger partial charge on any atom is -0.307 e. The molecule has 18 heavy (non-hydrogen) atoms. The lowest BCUT2D eigenvalue weighted by molar-refractivity contribution is 0.102. The van der Waals surface area contributed by atoms with Gasteiger partial charge in [-0.25, -0.2) is 4.98 Å². The molecule has 2 rings (SSSR count). The Kier molecular flexibility index (Phi) is 3.72. The zero-order valence-corrected chi connectivity index (χ0v) is 10.6. The first-order chi connectivity index (χ1) is 8.66. The van der Waals surface area contributed by atoms with Crippen molar-refractivity contribution in [3.63, 3.8) is 0 Å². The van der Waals surface area contributed by atoms with Gasteiger partial charge in [-0.2, -0.15) is 0 Å². The van der Waals surface area contributed by atoms with Crippen LogP contribution in [0.4, 0.5) is 5.82 Å². The maximum Gasteiger partial charge on any atom is 0.256 e. The number of amides is 1. The Bertz CT molecular complexity index is 518. The molecule has 0 aliphatic rings. The fourth-order valence-corrected chi connectivity index (χ4v) is 1.64. The van der Waals surface area contributed by atoms with Crippen LogP contribution in [-0.4, -0.2) is 10.9 Å². The number of benzene rings is 1. The minimum atomic E-state index is -0.135. The standard InChI is InChI=1S/C15H16N2O/c1-11(2)12-6-8-13(9-7-12)15(18)17-14-5-3-4-10-16-14/h3-11H,1-2H3,(H,16,17,18). The van der Waals surface area contributed by atoms with Crippen molar-refractivity contribution < 1.29 is 4.79 Å². The summed E-state index contributed by atoms with van der Waals surface area (Å²) in [5.41, 5.74) is 1.87. The molecule has 0 saturated heterocycles. The van der Waals surface area contributed by atoms with E-state index in [1.165, 1.54) is 5.56 Å². The number of carbonyl (C=O) groups excluding carboxylic acids is 1. The van der Waals surface area contributed by atoms with Crippen molar-refractivity contribution >= 4 is 11.7 Å². The summed E-state index contributed by atoms with van der Waals surface area (Å²) in [4.78, 5) is 16.0. The third kappa shape index (κ3) is 2.94. The summed E-state index contributed by atoms with van der Waals surface area (Å²) in [6, 6.07) is 13.1. The molecule has 0 spiro atoms. The number of nitrogens with one attached hydrogen (secondary N) is 1. The fourth-order valence-electron chi connectivity index (χ4n) is 1.64. The molecular formula is C15H16N2O. The quantitative estimate of drug-likeness (QED) is 0.892. The molecule has 3 heteroatoms. The van der Waals surface area contributed by atoms with E-state index in [1.807, 2.05) is 36.4 Å². The van der Waals surface area contributed by atoms with Crippen LogP contribution >= 0.6 is 0 Å². The average molecular weight is 240 g/mol. The Morgan fingerprint density at radius 1 is 1.11 bits per heavy atom. The summed E-state index contributed by atoms with van der Waals surface area (Å²) < 4.78 is 0. The first kappa shape index (κ1) is 12.3. The molecule has 92 valence electrons. The Labute approximate surface area is 107 Å². The molecule has 0 aliphatic heterocycles. The third-order valence-electron chi connectivity index (χ3n) is 2.75. The predicted octanol–water partition coefficient (Wildman–Crippen LogP) is 3.46. The number of hydrogen-bond donors (Lipinski definition) is 1. The highest BCUT2D eigenvalue weighted by atomic mass is 16.1. The molecule has 0 saturated carbocycles. The van der Waals surface area contributed by atoms with Crippen LogP contribution in [0.3, 0.4) is 0 Å². The van der Waals surface area contributed by atoms with E-state index in [2.05, 4.69) is 24.1 Å². The lowest BCUT2D eigenvalue weighted by Gasteiger charge is -2.07. The van der Waals surface area contributed by atoms with Gasteiger partial charge >= 0.3 is 0 Å². The van der Waals surface area contributed by atoms with Crippen molar-refractivity contribution in [1.29, 1.82) is 0 Å². The summed E-state index contributed by atoms with van der Waals surface area (Å²) in [5.74, 6) is 0.900. The lowest BCUT2D eigenvalue weighted by atomic mass is 10.0. The predicted molar refractivity (Wildman–Crippen MR) is 72.7 cm³/mol. The largest absolute Gasteiger partial charge is 0.307 e. The van der Waals surface area contributed by atoms with E-state index >= 15 is 0 Å². The van der Waals surface area contributed by atoms with Gasteiger partial charge in [0.25, 0.3) is 5.91 Å². The van der Waals surface area contributed by atoms with Gasteiger partial charge in [-0.15, -0.1) is 0 Å². The molecule has 3 nitrogen and oxygen atoms in total. The normalized spacial score (nSPS) is 10.4. The average Bonchev–Trinajstić information content (AvgIpc) is 2.40. The molecule has 0 bridgehead atoms. The number of pyridine rings is 1. The number of nitrogens with zero attached hydrogens (tertiary/aromatic N) is 1. The number of rotatable bonds is 3. The van der Waals surface area contributed by atoms with Crippen LogP contribution in [0, 0.1) is 0 Å². The molecule has 0 fully saturated rings. The van der Waals surface area contributed by atoms with Crippen molar-refractivity contribution in [2.24, 2.45) is 0 Å². The van der Waals surface area contributed by atoms with Crippen molar-refractivity contribution in [2.75, 3.05) is 5.32 Å². The highest BCUT2D eigenvalue weighted by Gasteiger charge is 2.07. The molecule has 0 unspecified atom stereocenters. The van der Waals surface area contributed by atoms with Crippen molar-refractivity contribution in [1.82, 2.24) is 4.98 Å².